The monoisotopic (exact) mass is 167 g/mol. The average molecular weight is 167 g/mol. The fourth-order valence-electron chi connectivity index (χ4n) is 0.706. The van der Waals surface area contributed by atoms with E-state index in [1.165, 1.54) is 0 Å². The normalized spacial score (nSPS) is 12.3. The van der Waals surface area contributed by atoms with E-state index in [0.29, 0.717) is 6.42 Å². The predicted molar refractivity (Wildman–Crippen MR) is 48.5 cm³/mol. The second kappa shape index (κ2) is 3.26. The maximum absolute atomic E-state index is 11.5. The summed E-state index contributed by atoms with van der Waals surface area (Å²) in [5.41, 5.74) is -0.849. The minimum Gasteiger partial charge on any atom is -0.299 e. The van der Waals surface area contributed by atoms with Crippen LogP contribution < -0.4 is 0 Å². The molecule has 0 aliphatic carbocycles. The predicted octanol–water partition coefficient (Wildman–Crippen LogP) is 2.54. The minimum atomic E-state index is -0.523. The number of carbonyl (C=O) groups is 1. The molecule has 2 nitrogen and oxygen atoms in total. The molecule has 0 aliphatic rings. The molecule has 0 aromatic carbocycles. The molecule has 0 radical (unpaired) electrons. The van der Waals surface area contributed by atoms with Crippen LogP contribution in [0.5, 0.6) is 0 Å². The molecule has 0 aromatic heterocycles. The van der Waals surface area contributed by atoms with Crippen LogP contribution in [0.2, 0.25) is 0 Å². The number of hydrogen-bond acceptors (Lipinski definition) is 2. The third-order valence-corrected chi connectivity index (χ3v) is 1.74. The van der Waals surface area contributed by atoms with Gasteiger partial charge in [-0.3, -0.25) is 4.79 Å². The zero-order chi connectivity index (χ0) is 9.99. The number of nitrogens with zero attached hydrogens (tertiary/aromatic N) is 1. The van der Waals surface area contributed by atoms with Gasteiger partial charge in [-0.25, -0.2) is 0 Å². The first-order valence-corrected chi connectivity index (χ1v) is 4.13. The van der Waals surface area contributed by atoms with Gasteiger partial charge in [-0.1, -0.05) is 20.8 Å². The molecule has 0 saturated heterocycles. The zero-order valence-electron chi connectivity index (χ0n) is 8.56. The SMILES string of the molecule is CC(C)(C#N)CC(=O)C(C)(C)C. The maximum atomic E-state index is 11.5. The molecule has 0 bridgehead atoms. The highest BCUT2D eigenvalue weighted by Gasteiger charge is 2.28. The molecule has 0 rings (SSSR count). The Labute approximate surface area is 74.6 Å². The number of rotatable bonds is 2. The van der Waals surface area contributed by atoms with Crippen molar-refractivity contribution in [3.8, 4) is 6.07 Å². The largest absolute Gasteiger partial charge is 0.299 e. The molecule has 0 amide bonds. The summed E-state index contributed by atoms with van der Waals surface area (Å²) in [5, 5.41) is 8.71. The Morgan fingerprint density at radius 1 is 1.25 bits per heavy atom. The van der Waals surface area contributed by atoms with Gasteiger partial charge in [-0.15, -0.1) is 0 Å². The van der Waals surface area contributed by atoms with Crippen LogP contribution in [0.4, 0.5) is 0 Å². The van der Waals surface area contributed by atoms with E-state index >= 15 is 0 Å². The molecule has 0 heterocycles. The van der Waals surface area contributed by atoms with Gasteiger partial charge in [0.1, 0.15) is 5.78 Å². The molecule has 0 spiro atoms. The highest BCUT2D eigenvalue weighted by Crippen LogP contribution is 2.26. The van der Waals surface area contributed by atoms with E-state index in [2.05, 4.69) is 6.07 Å². The lowest BCUT2D eigenvalue weighted by Crippen LogP contribution is -2.25. The minimum absolute atomic E-state index is 0.147. The second-order valence-corrected chi connectivity index (χ2v) is 4.85. The molecule has 68 valence electrons. The summed E-state index contributed by atoms with van der Waals surface area (Å²) in [6.45, 7) is 9.21. The lowest BCUT2D eigenvalue weighted by molar-refractivity contribution is -0.127. The van der Waals surface area contributed by atoms with Crippen molar-refractivity contribution in [2.45, 2.75) is 41.0 Å². The summed E-state index contributed by atoms with van der Waals surface area (Å²) >= 11 is 0. The Bertz CT molecular complexity index is 215. The Hall–Kier alpha value is -0.840. The summed E-state index contributed by atoms with van der Waals surface area (Å²) < 4.78 is 0. The van der Waals surface area contributed by atoms with Gasteiger partial charge in [0.25, 0.3) is 0 Å². The molecular weight excluding hydrogens is 150 g/mol. The second-order valence-electron chi connectivity index (χ2n) is 4.85. The van der Waals surface area contributed by atoms with Gasteiger partial charge >= 0.3 is 0 Å². The fraction of sp³-hybridized carbons (Fsp3) is 0.800. The highest BCUT2D eigenvalue weighted by molar-refractivity contribution is 5.84. The summed E-state index contributed by atoms with van der Waals surface area (Å²) in [6, 6.07) is 2.12. The summed E-state index contributed by atoms with van der Waals surface area (Å²) in [7, 11) is 0. The van der Waals surface area contributed by atoms with Gasteiger partial charge in [0.05, 0.1) is 11.5 Å². The van der Waals surface area contributed by atoms with Gasteiger partial charge in [0.15, 0.2) is 0 Å². The maximum Gasteiger partial charge on any atom is 0.139 e. The number of ketones is 1. The topological polar surface area (TPSA) is 40.9 Å². The van der Waals surface area contributed by atoms with Crippen molar-refractivity contribution in [1.82, 2.24) is 0 Å². The molecule has 0 atom stereocenters. The van der Waals surface area contributed by atoms with Crippen LogP contribution in [-0.4, -0.2) is 5.78 Å². The number of Topliss-reactive ketones (excluding diaryl/α,β-unsaturated/α-hetero) is 1. The van der Waals surface area contributed by atoms with Crippen LogP contribution in [-0.2, 0) is 4.79 Å². The van der Waals surface area contributed by atoms with Crippen LogP contribution in [0.3, 0.4) is 0 Å². The van der Waals surface area contributed by atoms with Crippen molar-refractivity contribution in [2.24, 2.45) is 10.8 Å². The van der Waals surface area contributed by atoms with Crippen LogP contribution in [0.15, 0.2) is 0 Å². The molecular formula is C10H17NO. The van der Waals surface area contributed by atoms with Gasteiger partial charge in [0, 0.05) is 11.8 Å². The third kappa shape index (κ3) is 3.52. The van der Waals surface area contributed by atoms with E-state index in [4.69, 9.17) is 5.26 Å². The summed E-state index contributed by atoms with van der Waals surface area (Å²) in [6.07, 6.45) is 0.340. The van der Waals surface area contributed by atoms with Gasteiger partial charge in [-0.05, 0) is 13.8 Å². The van der Waals surface area contributed by atoms with Crippen LogP contribution in [0.25, 0.3) is 0 Å². The van der Waals surface area contributed by atoms with Gasteiger partial charge < -0.3 is 0 Å². The number of nitriles is 1. The van der Waals surface area contributed by atoms with E-state index in [1.807, 2.05) is 20.8 Å². The Balaban J connectivity index is 4.33. The highest BCUT2D eigenvalue weighted by atomic mass is 16.1. The Kier molecular flexibility index (Phi) is 3.04. The smallest absolute Gasteiger partial charge is 0.139 e. The van der Waals surface area contributed by atoms with E-state index in [0.717, 1.165) is 0 Å². The van der Waals surface area contributed by atoms with Crippen molar-refractivity contribution in [3.63, 3.8) is 0 Å². The van der Waals surface area contributed by atoms with E-state index in [-0.39, 0.29) is 11.2 Å². The first kappa shape index (κ1) is 11.2. The quantitative estimate of drug-likeness (QED) is 0.634. The van der Waals surface area contributed by atoms with Crippen molar-refractivity contribution in [2.75, 3.05) is 0 Å². The van der Waals surface area contributed by atoms with Crippen LogP contribution in [0, 0.1) is 22.2 Å². The third-order valence-electron chi connectivity index (χ3n) is 1.74. The van der Waals surface area contributed by atoms with Gasteiger partial charge in [0.2, 0.25) is 0 Å². The lowest BCUT2D eigenvalue weighted by Gasteiger charge is -2.21. The fourth-order valence-corrected chi connectivity index (χ4v) is 0.706. The molecule has 0 saturated carbocycles. The standard InChI is InChI=1S/C10H17NO/c1-9(2,3)8(12)6-10(4,5)7-11/h6H2,1-5H3. The van der Waals surface area contributed by atoms with Crippen molar-refractivity contribution in [3.05, 3.63) is 0 Å². The number of carbonyl (C=O) groups excluding carboxylic acids is 1. The molecule has 12 heavy (non-hydrogen) atoms. The molecule has 0 fully saturated rings. The molecule has 0 aliphatic heterocycles. The summed E-state index contributed by atoms with van der Waals surface area (Å²) in [4.78, 5) is 11.5. The molecule has 0 N–H and O–H groups in total. The molecule has 2 heteroatoms. The average Bonchev–Trinajstić information content (AvgIpc) is 1.85. The Morgan fingerprint density at radius 3 is 1.92 bits per heavy atom. The zero-order valence-corrected chi connectivity index (χ0v) is 8.56. The van der Waals surface area contributed by atoms with Crippen LogP contribution >= 0.6 is 0 Å². The van der Waals surface area contributed by atoms with E-state index in [1.54, 1.807) is 13.8 Å². The lowest BCUT2D eigenvalue weighted by atomic mass is 9.80. The first-order valence-electron chi connectivity index (χ1n) is 4.13. The van der Waals surface area contributed by atoms with Crippen LogP contribution in [0.1, 0.15) is 41.0 Å². The molecule has 0 unspecified atom stereocenters. The van der Waals surface area contributed by atoms with Crippen molar-refractivity contribution in [1.29, 1.82) is 5.26 Å². The van der Waals surface area contributed by atoms with Gasteiger partial charge in [-0.2, -0.15) is 5.26 Å². The summed E-state index contributed by atoms with van der Waals surface area (Å²) in [5.74, 6) is 0.147. The van der Waals surface area contributed by atoms with E-state index < -0.39 is 5.41 Å². The Morgan fingerprint density at radius 2 is 1.67 bits per heavy atom. The van der Waals surface area contributed by atoms with Crippen molar-refractivity contribution < 1.29 is 4.79 Å². The molecule has 0 aromatic rings. The first-order chi connectivity index (χ1) is 5.19. The van der Waals surface area contributed by atoms with Crippen molar-refractivity contribution >= 4 is 5.78 Å². The van der Waals surface area contributed by atoms with E-state index in [9.17, 15) is 4.79 Å². The number of hydrogen-bond donors (Lipinski definition) is 0.